The van der Waals surface area contributed by atoms with Crippen molar-refractivity contribution >= 4 is 29.4 Å². The van der Waals surface area contributed by atoms with Crippen LogP contribution < -0.4 is 14.8 Å². The van der Waals surface area contributed by atoms with E-state index in [0.29, 0.717) is 5.56 Å². The van der Waals surface area contributed by atoms with Crippen molar-refractivity contribution in [1.29, 1.82) is 0 Å². The van der Waals surface area contributed by atoms with Crippen LogP contribution in [0.25, 0.3) is 6.08 Å². The first kappa shape index (κ1) is 23.5. The maximum Gasteiger partial charge on any atom is 0.387 e. The van der Waals surface area contributed by atoms with Gasteiger partial charge in [-0.1, -0.05) is 6.07 Å². The molecule has 0 fully saturated rings. The highest BCUT2D eigenvalue weighted by molar-refractivity contribution is 5.99. The lowest BCUT2D eigenvalue weighted by atomic mass is 10.1. The summed E-state index contributed by atoms with van der Waals surface area (Å²) in [7, 11) is 1.27. The van der Waals surface area contributed by atoms with Gasteiger partial charge in [-0.2, -0.15) is 8.78 Å². The summed E-state index contributed by atoms with van der Waals surface area (Å²) in [5.74, 6) is -3.06. The van der Waals surface area contributed by atoms with Crippen LogP contribution in [0.4, 0.5) is 18.9 Å². The van der Waals surface area contributed by atoms with Crippen molar-refractivity contribution in [3.8, 4) is 11.5 Å². The standard InChI is InChI=1S/C21H18F3NO6/c1-12(26)25-14-5-6-15(16(22)10-14)17(27)11-30-20(28)8-4-13-3-7-18(31-21(23)24)19(9-13)29-2/h3-10,21H,11H2,1-2H3,(H,25,26)/b8-4+. The van der Waals surface area contributed by atoms with E-state index in [1.54, 1.807) is 0 Å². The van der Waals surface area contributed by atoms with Crippen LogP contribution in [0.3, 0.4) is 0 Å². The molecule has 0 saturated heterocycles. The highest BCUT2D eigenvalue weighted by atomic mass is 19.3. The number of benzene rings is 2. The Hall–Kier alpha value is -3.82. The third-order valence-electron chi connectivity index (χ3n) is 3.75. The molecule has 0 atom stereocenters. The van der Waals surface area contributed by atoms with E-state index in [1.165, 1.54) is 50.4 Å². The molecule has 31 heavy (non-hydrogen) atoms. The Morgan fingerprint density at radius 2 is 1.84 bits per heavy atom. The van der Waals surface area contributed by atoms with Crippen LogP contribution in [0, 0.1) is 5.82 Å². The number of amides is 1. The summed E-state index contributed by atoms with van der Waals surface area (Å²) < 4.78 is 52.8. The second kappa shape index (κ2) is 10.8. The molecule has 0 spiro atoms. The number of carbonyl (C=O) groups is 3. The average Bonchev–Trinajstić information content (AvgIpc) is 2.70. The first-order valence-corrected chi connectivity index (χ1v) is 8.77. The van der Waals surface area contributed by atoms with Gasteiger partial charge in [0.05, 0.1) is 12.7 Å². The Labute approximate surface area is 175 Å². The monoisotopic (exact) mass is 437 g/mol. The van der Waals surface area contributed by atoms with Crippen molar-refractivity contribution in [3.05, 3.63) is 59.4 Å². The van der Waals surface area contributed by atoms with E-state index >= 15 is 0 Å². The van der Waals surface area contributed by atoms with E-state index in [-0.39, 0.29) is 22.7 Å². The molecule has 2 aromatic carbocycles. The van der Waals surface area contributed by atoms with Crippen molar-refractivity contribution in [3.63, 3.8) is 0 Å². The maximum absolute atomic E-state index is 14.0. The lowest BCUT2D eigenvalue weighted by Crippen LogP contribution is -2.14. The Bertz CT molecular complexity index is 1010. The number of Topliss-reactive ketones (excluding diaryl/α,β-unsaturated/α-hetero) is 1. The Kier molecular flexibility index (Phi) is 8.18. The Morgan fingerprint density at radius 1 is 1.10 bits per heavy atom. The molecule has 0 saturated carbocycles. The number of alkyl halides is 2. The minimum absolute atomic E-state index is 0.0316. The van der Waals surface area contributed by atoms with Crippen molar-refractivity contribution in [2.45, 2.75) is 13.5 Å². The number of anilines is 1. The summed E-state index contributed by atoms with van der Waals surface area (Å²) in [6.07, 6.45) is 2.32. The quantitative estimate of drug-likeness (QED) is 0.364. The molecule has 0 aliphatic carbocycles. The number of carbonyl (C=O) groups excluding carboxylic acids is 3. The van der Waals surface area contributed by atoms with Crippen LogP contribution in [0.2, 0.25) is 0 Å². The van der Waals surface area contributed by atoms with Crippen LogP contribution in [0.1, 0.15) is 22.8 Å². The highest BCUT2D eigenvalue weighted by Gasteiger charge is 2.15. The zero-order valence-corrected chi connectivity index (χ0v) is 16.5. The molecule has 7 nitrogen and oxygen atoms in total. The van der Waals surface area contributed by atoms with Crippen LogP contribution in [-0.2, 0) is 14.3 Å². The smallest absolute Gasteiger partial charge is 0.387 e. The third kappa shape index (κ3) is 7.18. The molecule has 0 unspecified atom stereocenters. The number of hydrogen-bond donors (Lipinski definition) is 1. The first-order valence-electron chi connectivity index (χ1n) is 8.77. The summed E-state index contributed by atoms with van der Waals surface area (Å²) in [4.78, 5) is 34.9. The number of halogens is 3. The molecule has 0 radical (unpaired) electrons. The summed E-state index contributed by atoms with van der Waals surface area (Å²) in [6, 6.07) is 7.49. The van der Waals surface area contributed by atoms with Gasteiger partial charge in [0.2, 0.25) is 11.7 Å². The molecule has 1 N–H and O–H groups in total. The van der Waals surface area contributed by atoms with Crippen molar-refractivity contribution in [2.24, 2.45) is 0 Å². The fourth-order valence-corrected chi connectivity index (χ4v) is 2.43. The molecular formula is C21H18F3NO6. The van der Waals surface area contributed by atoms with Gasteiger partial charge in [0, 0.05) is 18.7 Å². The van der Waals surface area contributed by atoms with E-state index in [2.05, 4.69) is 10.1 Å². The predicted molar refractivity (Wildman–Crippen MR) is 105 cm³/mol. The van der Waals surface area contributed by atoms with Crippen LogP contribution >= 0.6 is 0 Å². The Balaban J connectivity index is 1.96. The minimum atomic E-state index is -3.02. The molecule has 0 aliphatic heterocycles. The average molecular weight is 437 g/mol. The SMILES string of the molecule is COc1cc(/C=C/C(=O)OCC(=O)c2ccc(NC(C)=O)cc2F)ccc1OC(F)F. The van der Waals surface area contributed by atoms with Crippen molar-refractivity contribution in [2.75, 3.05) is 19.0 Å². The number of ether oxygens (including phenoxy) is 3. The van der Waals surface area contributed by atoms with E-state index in [0.717, 1.165) is 12.1 Å². The summed E-state index contributed by atoms with van der Waals surface area (Å²) in [5, 5.41) is 2.38. The van der Waals surface area contributed by atoms with Crippen LogP contribution in [0.5, 0.6) is 11.5 Å². The molecule has 10 heteroatoms. The van der Waals surface area contributed by atoms with Crippen LogP contribution in [0.15, 0.2) is 42.5 Å². The highest BCUT2D eigenvalue weighted by Crippen LogP contribution is 2.29. The lowest BCUT2D eigenvalue weighted by Gasteiger charge is -2.10. The zero-order valence-electron chi connectivity index (χ0n) is 16.5. The molecule has 0 heterocycles. The van der Waals surface area contributed by atoms with Crippen molar-refractivity contribution in [1.82, 2.24) is 0 Å². The van der Waals surface area contributed by atoms with Gasteiger partial charge < -0.3 is 19.5 Å². The Morgan fingerprint density at radius 3 is 2.45 bits per heavy atom. The van der Waals surface area contributed by atoms with E-state index < -0.39 is 36.7 Å². The normalized spacial score (nSPS) is 10.8. The van der Waals surface area contributed by atoms with E-state index in [4.69, 9.17) is 9.47 Å². The van der Waals surface area contributed by atoms with Crippen molar-refractivity contribution < 1.29 is 41.8 Å². The number of methoxy groups -OCH3 is 1. The molecule has 0 bridgehead atoms. The second-order valence-corrected chi connectivity index (χ2v) is 6.03. The summed E-state index contributed by atoms with van der Waals surface area (Å²) in [5.41, 5.74) is 0.299. The fraction of sp³-hybridized carbons (Fsp3) is 0.190. The topological polar surface area (TPSA) is 90.9 Å². The van der Waals surface area contributed by atoms with E-state index in [1.807, 2.05) is 0 Å². The number of ketones is 1. The third-order valence-corrected chi connectivity index (χ3v) is 3.75. The zero-order chi connectivity index (χ0) is 23.0. The van der Waals surface area contributed by atoms with Gasteiger partial charge in [-0.25, -0.2) is 9.18 Å². The van der Waals surface area contributed by atoms with Gasteiger partial charge in [0.1, 0.15) is 5.82 Å². The number of hydrogen-bond acceptors (Lipinski definition) is 6. The molecule has 2 aromatic rings. The summed E-state index contributed by atoms with van der Waals surface area (Å²) >= 11 is 0. The second-order valence-electron chi connectivity index (χ2n) is 6.03. The predicted octanol–water partition coefficient (Wildman–Crippen LogP) is 3.83. The van der Waals surface area contributed by atoms with Gasteiger partial charge in [-0.05, 0) is 42.0 Å². The largest absolute Gasteiger partial charge is 0.493 e. The van der Waals surface area contributed by atoms with Gasteiger partial charge in [0.15, 0.2) is 18.1 Å². The molecule has 164 valence electrons. The van der Waals surface area contributed by atoms with Gasteiger partial charge in [0.25, 0.3) is 0 Å². The fourth-order valence-electron chi connectivity index (χ4n) is 2.43. The van der Waals surface area contributed by atoms with Gasteiger partial charge in [-0.15, -0.1) is 0 Å². The number of rotatable bonds is 9. The maximum atomic E-state index is 14.0. The summed E-state index contributed by atoms with van der Waals surface area (Å²) in [6.45, 7) is -2.47. The van der Waals surface area contributed by atoms with Gasteiger partial charge >= 0.3 is 12.6 Å². The van der Waals surface area contributed by atoms with Gasteiger partial charge in [-0.3, -0.25) is 9.59 Å². The molecule has 2 rings (SSSR count). The number of esters is 1. The molecule has 0 aliphatic rings. The van der Waals surface area contributed by atoms with Crippen LogP contribution in [-0.4, -0.2) is 38.0 Å². The first-order chi connectivity index (χ1) is 14.7. The number of nitrogens with one attached hydrogen (secondary N) is 1. The van der Waals surface area contributed by atoms with E-state index in [9.17, 15) is 27.6 Å². The molecular weight excluding hydrogens is 419 g/mol. The lowest BCUT2D eigenvalue weighted by molar-refractivity contribution is -0.136. The molecule has 0 aromatic heterocycles. The molecule has 1 amide bonds. The minimum Gasteiger partial charge on any atom is -0.493 e.